The normalized spacial score (nSPS) is 12.3. The fraction of sp³-hybridized carbons (Fsp3) is 0.304. The Morgan fingerprint density at radius 3 is 2.56 bits per heavy atom. The Balaban J connectivity index is 2.06. The standard InChI is InChI=1S/C23H27FN3/c1-3-5-9-20-15-23(22(4-2)18-7-6-8-19(24)14-18)27(26-20)21-12-10-17(16-25)11-13-21/h6-8,10-15,22H,2-5,9,16,25H2,1H3. The molecule has 141 valence electrons. The van der Waals surface area contributed by atoms with Crippen molar-refractivity contribution < 1.29 is 4.39 Å². The molecule has 3 rings (SSSR count). The van der Waals surface area contributed by atoms with Crippen molar-refractivity contribution in [2.75, 3.05) is 0 Å². The molecule has 0 amide bonds. The third-order valence-corrected chi connectivity index (χ3v) is 4.89. The highest BCUT2D eigenvalue weighted by atomic mass is 19.1. The van der Waals surface area contributed by atoms with E-state index in [0.717, 1.165) is 47.5 Å². The van der Waals surface area contributed by atoms with Gasteiger partial charge in [-0.3, -0.25) is 0 Å². The number of rotatable bonds is 8. The molecule has 0 spiro atoms. The van der Waals surface area contributed by atoms with Crippen molar-refractivity contribution in [3.63, 3.8) is 0 Å². The van der Waals surface area contributed by atoms with Gasteiger partial charge in [-0.2, -0.15) is 5.10 Å². The van der Waals surface area contributed by atoms with Crippen LogP contribution in [0.3, 0.4) is 0 Å². The lowest BCUT2D eigenvalue weighted by Gasteiger charge is -2.18. The first-order valence-corrected chi connectivity index (χ1v) is 9.59. The fourth-order valence-electron chi connectivity index (χ4n) is 3.36. The van der Waals surface area contributed by atoms with Crippen LogP contribution in [-0.2, 0) is 13.0 Å². The van der Waals surface area contributed by atoms with Gasteiger partial charge in [-0.1, -0.05) is 44.5 Å². The van der Waals surface area contributed by atoms with Crippen LogP contribution in [0.15, 0.2) is 54.6 Å². The molecule has 1 unspecified atom stereocenters. The maximum absolute atomic E-state index is 13.8. The molecule has 1 heterocycles. The molecule has 1 radical (unpaired) electrons. The SMILES string of the molecule is [CH2]CC(c1cccc(F)c1)c1cc(CCCC)nn1-c1ccc(CN)cc1. The van der Waals surface area contributed by atoms with Gasteiger partial charge in [0, 0.05) is 12.5 Å². The fourth-order valence-corrected chi connectivity index (χ4v) is 3.36. The van der Waals surface area contributed by atoms with Crippen molar-refractivity contribution in [2.45, 2.75) is 45.1 Å². The molecular weight excluding hydrogens is 337 g/mol. The molecule has 0 bridgehead atoms. The maximum Gasteiger partial charge on any atom is 0.123 e. The van der Waals surface area contributed by atoms with E-state index in [9.17, 15) is 4.39 Å². The van der Waals surface area contributed by atoms with E-state index >= 15 is 0 Å². The maximum atomic E-state index is 13.8. The number of unbranched alkanes of at least 4 members (excludes halogenated alkanes) is 1. The second-order valence-corrected chi connectivity index (χ2v) is 6.84. The molecule has 0 fully saturated rings. The molecule has 3 aromatic rings. The van der Waals surface area contributed by atoms with Crippen molar-refractivity contribution in [2.24, 2.45) is 5.73 Å². The van der Waals surface area contributed by atoms with Crippen molar-refractivity contribution in [1.82, 2.24) is 9.78 Å². The third-order valence-electron chi connectivity index (χ3n) is 4.89. The number of nitrogens with two attached hydrogens (primary N) is 1. The number of hydrogen-bond acceptors (Lipinski definition) is 2. The third kappa shape index (κ3) is 4.45. The number of aromatic nitrogens is 2. The molecule has 0 aliphatic rings. The largest absolute Gasteiger partial charge is 0.326 e. The summed E-state index contributed by atoms with van der Waals surface area (Å²) in [5.74, 6) is -0.242. The topological polar surface area (TPSA) is 43.8 Å². The van der Waals surface area contributed by atoms with Gasteiger partial charge in [0.05, 0.1) is 17.1 Å². The van der Waals surface area contributed by atoms with Crippen molar-refractivity contribution in [3.8, 4) is 5.69 Å². The van der Waals surface area contributed by atoms with Crippen LogP contribution in [0.4, 0.5) is 4.39 Å². The van der Waals surface area contributed by atoms with Crippen LogP contribution >= 0.6 is 0 Å². The van der Waals surface area contributed by atoms with E-state index in [-0.39, 0.29) is 11.7 Å². The first-order chi connectivity index (χ1) is 13.2. The van der Waals surface area contributed by atoms with Crippen molar-refractivity contribution >= 4 is 0 Å². The number of benzene rings is 2. The molecule has 4 heteroatoms. The summed E-state index contributed by atoms with van der Waals surface area (Å²) in [6.07, 6.45) is 3.78. The molecule has 1 aromatic heterocycles. The Kier molecular flexibility index (Phi) is 6.40. The van der Waals surface area contributed by atoms with Gasteiger partial charge in [0.1, 0.15) is 5.82 Å². The summed E-state index contributed by atoms with van der Waals surface area (Å²) < 4.78 is 15.8. The average Bonchev–Trinajstić information content (AvgIpc) is 3.11. The van der Waals surface area contributed by atoms with Gasteiger partial charge in [-0.05, 0) is 60.7 Å². The zero-order chi connectivity index (χ0) is 19.2. The van der Waals surface area contributed by atoms with Gasteiger partial charge in [-0.15, -0.1) is 0 Å². The lowest BCUT2D eigenvalue weighted by atomic mass is 9.92. The van der Waals surface area contributed by atoms with E-state index in [4.69, 9.17) is 10.8 Å². The summed E-state index contributed by atoms with van der Waals surface area (Å²) in [4.78, 5) is 0. The highest BCUT2D eigenvalue weighted by molar-refractivity contribution is 5.40. The van der Waals surface area contributed by atoms with E-state index in [0.29, 0.717) is 13.0 Å². The van der Waals surface area contributed by atoms with Crippen LogP contribution in [0.25, 0.3) is 5.69 Å². The number of halogens is 1. The van der Waals surface area contributed by atoms with Gasteiger partial charge < -0.3 is 5.73 Å². The predicted molar refractivity (Wildman–Crippen MR) is 108 cm³/mol. The minimum Gasteiger partial charge on any atom is -0.326 e. The monoisotopic (exact) mass is 364 g/mol. The van der Waals surface area contributed by atoms with Crippen LogP contribution < -0.4 is 5.73 Å². The van der Waals surface area contributed by atoms with Crippen LogP contribution in [0.1, 0.15) is 54.6 Å². The molecular formula is C23H27FN3. The minimum absolute atomic E-state index is 0.0160. The molecule has 0 aliphatic carbocycles. The first kappa shape index (κ1) is 19.3. The van der Waals surface area contributed by atoms with Gasteiger partial charge >= 0.3 is 0 Å². The van der Waals surface area contributed by atoms with Crippen LogP contribution in [0, 0.1) is 12.7 Å². The Labute approximate surface area is 161 Å². The molecule has 3 nitrogen and oxygen atoms in total. The van der Waals surface area contributed by atoms with E-state index in [1.165, 1.54) is 6.07 Å². The van der Waals surface area contributed by atoms with Gasteiger partial charge in [0.2, 0.25) is 0 Å². The summed E-state index contributed by atoms with van der Waals surface area (Å²) in [5.41, 5.74) is 10.8. The highest BCUT2D eigenvalue weighted by Gasteiger charge is 2.20. The highest BCUT2D eigenvalue weighted by Crippen LogP contribution is 2.31. The molecule has 27 heavy (non-hydrogen) atoms. The predicted octanol–water partition coefficient (Wildman–Crippen LogP) is 5.17. The lowest BCUT2D eigenvalue weighted by molar-refractivity contribution is 0.621. The van der Waals surface area contributed by atoms with Gasteiger partial charge in [0.15, 0.2) is 0 Å². The first-order valence-electron chi connectivity index (χ1n) is 9.59. The van der Waals surface area contributed by atoms with Crippen LogP contribution in [-0.4, -0.2) is 9.78 Å². The van der Waals surface area contributed by atoms with E-state index in [2.05, 4.69) is 19.9 Å². The van der Waals surface area contributed by atoms with Crippen molar-refractivity contribution in [1.29, 1.82) is 0 Å². The summed E-state index contributed by atoms with van der Waals surface area (Å²) in [5, 5.41) is 4.85. The average molecular weight is 364 g/mol. The zero-order valence-electron chi connectivity index (χ0n) is 15.9. The van der Waals surface area contributed by atoms with E-state index in [1.54, 1.807) is 12.1 Å². The lowest BCUT2D eigenvalue weighted by Crippen LogP contribution is -2.09. The number of aryl methyl sites for hydroxylation is 1. The minimum atomic E-state index is -0.226. The van der Waals surface area contributed by atoms with Crippen LogP contribution in [0.5, 0.6) is 0 Å². The molecule has 1 atom stereocenters. The Hall–Kier alpha value is -2.46. The van der Waals surface area contributed by atoms with Crippen molar-refractivity contribution in [3.05, 3.63) is 89.9 Å². The summed E-state index contributed by atoms with van der Waals surface area (Å²) in [6.45, 7) is 6.81. The molecule has 2 aromatic carbocycles. The van der Waals surface area contributed by atoms with E-state index in [1.807, 2.05) is 35.0 Å². The van der Waals surface area contributed by atoms with Crippen LogP contribution in [0.2, 0.25) is 0 Å². The number of nitrogens with zero attached hydrogens (tertiary/aromatic N) is 2. The molecule has 0 saturated carbocycles. The Bertz CT molecular complexity index is 868. The molecule has 2 N–H and O–H groups in total. The second-order valence-electron chi connectivity index (χ2n) is 6.84. The summed E-state index contributed by atoms with van der Waals surface area (Å²) in [7, 11) is 0. The van der Waals surface area contributed by atoms with Gasteiger partial charge in [-0.25, -0.2) is 9.07 Å². The smallest absolute Gasteiger partial charge is 0.123 e. The van der Waals surface area contributed by atoms with Gasteiger partial charge in [0.25, 0.3) is 0 Å². The summed E-state index contributed by atoms with van der Waals surface area (Å²) in [6, 6.07) is 17.0. The number of hydrogen-bond donors (Lipinski definition) is 1. The second kappa shape index (κ2) is 8.96. The molecule has 0 saturated heterocycles. The Morgan fingerprint density at radius 2 is 1.93 bits per heavy atom. The molecule has 0 aliphatic heterocycles. The quantitative estimate of drug-likeness (QED) is 0.599. The summed E-state index contributed by atoms with van der Waals surface area (Å²) >= 11 is 0. The zero-order valence-corrected chi connectivity index (χ0v) is 15.9. The van der Waals surface area contributed by atoms with E-state index < -0.39 is 0 Å². The Morgan fingerprint density at radius 1 is 1.15 bits per heavy atom.